The summed E-state index contributed by atoms with van der Waals surface area (Å²) in [7, 11) is 0. The lowest BCUT2D eigenvalue weighted by Gasteiger charge is -2.35. The van der Waals surface area contributed by atoms with Crippen LogP contribution in [0.15, 0.2) is 22.8 Å². The van der Waals surface area contributed by atoms with Crippen molar-refractivity contribution in [3.05, 3.63) is 24.2 Å². The van der Waals surface area contributed by atoms with E-state index in [9.17, 15) is 4.79 Å². The van der Waals surface area contributed by atoms with E-state index in [0.29, 0.717) is 6.54 Å². The molecule has 0 spiro atoms. The van der Waals surface area contributed by atoms with Crippen LogP contribution in [0.3, 0.4) is 0 Å². The number of nitrogens with one attached hydrogen (secondary N) is 1. The van der Waals surface area contributed by atoms with Gasteiger partial charge in [-0.25, -0.2) is 4.79 Å². The van der Waals surface area contributed by atoms with Gasteiger partial charge in [-0.05, 0) is 56.8 Å². The van der Waals surface area contributed by atoms with Gasteiger partial charge in [-0.1, -0.05) is 13.3 Å². The quantitative estimate of drug-likeness (QED) is 0.927. The van der Waals surface area contributed by atoms with Crippen molar-refractivity contribution in [3.63, 3.8) is 0 Å². The monoisotopic (exact) mass is 319 g/mol. The van der Waals surface area contributed by atoms with Gasteiger partial charge in [0.25, 0.3) is 0 Å². The lowest BCUT2D eigenvalue weighted by atomic mass is 10.00. The minimum Gasteiger partial charge on any atom is -0.468 e. The third-order valence-corrected chi connectivity index (χ3v) is 5.22. The molecule has 2 aliphatic rings. The minimum atomic E-state index is 0.0745. The van der Waals surface area contributed by atoms with Crippen molar-refractivity contribution in [2.45, 2.75) is 45.1 Å². The molecule has 128 valence electrons. The van der Waals surface area contributed by atoms with Crippen molar-refractivity contribution >= 4 is 6.03 Å². The molecule has 1 aromatic rings. The van der Waals surface area contributed by atoms with Crippen molar-refractivity contribution in [2.24, 2.45) is 5.92 Å². The Morgan fingerprint density at radius 2 is 2.00 bits per heavy atom. The number of amides is 2. The molecule has 1 N–H and O–H groups in total. The summed E-state index contributed by atoms with van der Waals surface area (Å²) < 4.78 is 5.63. The highest BCUT2D eigenvalue weighted by Gasteiger charge is 2.26. The fraction of sp³-hybridized carbons (Fsp3) is 0.722. The highest BCUT2D eigenvalue weighted by molar-refractivity contribution is 5.74. The van der Waals surface area contributed by atoms with Crippen LogP contribution >= 0.6 is 0 Å². The molecule has 2 saturated heterocycles. The predicted molar refractivity (Wildman–Crippen MR) is 90.2 cm³/mol. The van der Waals surface area contributed by atoms with E-state index in [0.717, 1.165) is 50.7 Å². The fourth-order valence-electron chi connectivity index (χ4n) is 3.63. The van der Waals surface area contributed by atoms with Gasteiger partial charge >= 0.3 is 6.03 Å². The molecule has 5 heteroatoms. The zero-order valence-corrected chi connectivity index (χ0v) is 14.2. The molecule has 5 nitrogen and oxygen atoms in total. The fourth-order valence-corrected chi connectivity index (χ4v) is 3.63. The van der Waals surface area contributed by atoms with E-state index in [-0.39, 0.29) is 12.1 Å². The molecule has 1 unspecified atom stereocenters. The number of hydrogen-bond donors (Lipinski definition) is 1. The Kier molecular flexibility index (Phi) is 5.60. The van der Waals surface area contributed by atoms with Crippen LogP contribution in [0.1, 0.15) is 50.8 Å². The summed E-state index contributed by atoms with van der Waals surface area (Å²) in [5.41, 5.74) is 0. The third kappa shape index (κ3) is 4.28. The minimum absolute atomic E-state index is 0.0745. The first-order valence-corrected chi connectivity index (χ1v) is 9.04. The molecule has 0 saturated carbocycles. The summed E-state index contributed by atoms with van der Waals surface area (Å²) >= 11 is 0. The molecule has 0 aliphatic carbocycles. The smallest absolute Gasteiger partial charge is 0.317 e. The van der Waals surface area contributed by atoms with Crippen molar-refractivity contribution < 1.29 is 9.21 Å². The van der Waals surface area contributed by atoms with Gasteiger partial charge in [0.1, 0.15) is 5.76 Å². The number of urea groups is 1. The Balaban J connectivity index is 1.57. The lowest BCUT2D eigenvalue weighted by molar-refractivity contribution is 0.136. The third-order valence-electron chi connectivity index (χ3n) is 5.22. The van der Waals surface area contributed by atoms with Crippen LogP contribution in [0.5, 0.6) is 0 Å². The van der Waals surface area contributed by atoms with Gasteiger partial charge in [0.15, 0.2) is 0 Å². The second-order valence-electron chi connectivity index (χ2n) is 6.98. The van der Waals surface area contributed by atoms with Crippen LogP contribution in [0.25, 0.3) is 0 Å². The van der Waals surface area contributed by atoms with Gasteiger partial charge in [0, 0.05) is 19.6 Å². The summed E-state index contributed by atoms with van der Waals surface area (Å²) in [5.74, 6) is 1.70. The normalized spacial score (nSPS) is 22.0. The number of carbonyl (C=O) groups is 1. The standard InChI is InChI=1S/C18H29N3O2/c1-15-7-11-21(12-8-15)18(22)19-14-16(17-6-5-13-23-17)20-9-3-2-4-10-20/h5-6,13,15-16H,2-4,7-12,14H2,1H3,(H,19,22). The molecular formula is C18H29N3O2. The Bertz CT molecular complexity index is 474. The maximum Gasteiger partial charge on any atom is 0.317 e. The average Bonchev–Trinajstić information content (AvgIpc) is 3.11. The number of furan rings is 1. The van der Waals surface area contributed by atoms with Crippen molar-refractivity contribution in [3.8, 4) is 0 Å². The summed E-state index contributed by atoms with van der Waals surface area (Å²) in [5, 5.41) is 3.14. The van der Waals surface area contributed by atoms with Crippen LogP contribution in [0.2, 0.25) is 0 Å². The number of likely N-dealkylation sites (tertiary alicyclic amines) is 2. The van der Waals surface area contributed by atoms with Gasteiger partial charge in [0.2, 0.25) is 0 Å². The molecule has 2 fully saturated rings. The first-order valence-electron chi connectivity index (χ1n) is 9.04. The van der Waals surface area contributed by atoms with Crippen LogP contribution in [-0.2, 0) is 0 Å². The van der Waals surface area contributed by atoms with Crippen molar-refractivity contribution in [1.29, 1.82) is 0 Å². The Morgan fingerprint density at radius 3 is 2.65 bits per heavy atom. The zero-order chi connectivity index (χ0) is 16.1. The van der Waals surface area contributed by atoms with E-state index in [1.165, 1.54) is 19.3 Å². The van der Waals surface area contributed by atoms with Crippen molar-refractivity contribution in [1.82, 2.24) is 15.1 Å². The summed E-state index contributed by atoms with van der Waals surface area (Å²) in [6.45, 7) is 6.81. The maximum absolute atomic E-state index is 12.4. The van der Waals surface area contributed by atoms with E-state index >= 15 is 0 Å². The molecule has 2 amide bonds. The molecule has 0 aromatic carbocycles. The van der Waals surface area contributed by atoms with Gasteiger partial charge in [0.05, 0.1) is 12.3 Å². The SMILES string of the molecule is CC1CCN(C(=O)NCC(c2ccco2)N2CCCCC2)CC1. The molecule has 1 aromatic heterocycles. The first-order chi connectivity index (χ1) is 11.2. The highest BCUT2D eigenvalue weighted by Crippen LogP contribution is 2.24. The molecule has 3 heterocycles. The number of carbonyl (C=O) groups excluding carboxylic acids is 1. The Labute approximate surface area is 139 Å². The van der Waals surface area contributed by atoms with E-state index in [1.807, 2.05) is 17.0 Å². The van der Waals surface area contributed by atoms with E-state index in [2.05, 4.69) is 17.1 Å². The molecule has 0 radical (unpaired) electrons. The van der Waals surface area contributed by atoms with E-state index in [1.54, 1.807) is 6.26 Å². The zero-order valence-electron chi connectivity index (χ0n) is 14.2. The highest BCUT2D eigenvalue weighted by atomic mass is 16.3. The maximum atomic E-state index is 12.4. The van der Waals surface area contributed by atoms with Crippen LogP contribution in [0, 0.1) is 5.92 Å². The summed E-state index contributed by atoms with van der Waals surface area (Å²) in [6.07, 6.45) is 7.71. The molecule has 3 rings (SSSR count). The number of rotatable bonds is 4. The van der Waals surface area contributed by atoms with Gasteiger partial charge < -0.3 is 14.6 Å². The van der Waals surface area contributed by atoms with E-state index in [4.69, 9.17) is 4.42 Å². The second-order valence-corrected chi connectivity index (χ2v) is 6.98. The Hall–Kier alpha value is -1.49. The molecule has 2 aliphatic heterocycles. The Morgan fingerprint density at radius 1 is 1.26 bits per heavy atom. The molecular weight excluding hydrogens is 290 g/mol. The first kappa shape index (κ1) is 16.4. The number of nitrogens with zero attached hydrogens (tertiary/aromatic N) is 2. The predicted octanol–water partition coefficient (Wildman–Crippen LogP) is 3.25. The number of hydrogen-bond acceptors (Lipinski definition) is 3. The second kappa shape index (κ2) is 7.86. The van der Waals surface area contributed by atoms with Crippen LogP contribution in [-0.4, -0.2) is 48.6 Å². The van der Waals surface area contributed by atoms with E-state index < -0.39 is 0 Å². The average molecular weight is 319 g/mol. The summed E-state index contributed by atoms with van der Waals surface area (Å²) in [6, 6.07) is 4.18. The lowest BCUT2D eigenvalue weighted by Crippen LogP contribution is -2.47. The van der Waals surface area contributed by atoms with Gasteiger partial charge in [-0.15, -0.1) is 0 Å². The van der Waals surface area contributed by atoms with Gasteiger partial charge in [-0.3, -0.25) is 4.90 Å². The van der Waals surface area contributed by atoms with Crippen molar-refractivity contribution in [2.75, 3.05) is 32.7 Å². The summed E-state index contributed by atoms with van der Waals surface area (Å²) in [4.78, 5) is 16.8. The topological polar surface area (TPSA) is 48.7 Å². The van der Waals surface area contributed by atoms with Crippen LogP contribution < -0.4 is 5.32 Å². The molecule has 0 bridgehead atoms. The molecule has 23 heavy (non-hydrogen) atoms. The van der Waals surface area contributed by atoms with Gasteiger partial charge in [-0.2, -0.15) is 0 Å². The number of piperidine rings is 2. The largest absolute Gasteiger partial charge is 0.468 e. The van der Waals surface area contributed by atoms with Crippen LogP contribution in [0.4, 0.5) is 4.79 Å². The molecule has 1 atom stereocenters.